The summed E-state index contributed by atoms with van der Waals surface area (Å²) in [6, 6.07) is 9.11. The number of hydrogen-bond donors (Lipinski definition) is 1. The Morgan fingerprint density at radius 3 is 2.32 bits per heavy atom. The largest absolute Gasteiger partial charge is 0.307 e. The highest BCUT2D eigenvalue weighted by Gasteiger charge is 2.23. The van der Waals surface area contributed by atoms with Gasteiger partial charge in [-0.2, -0.15) is 0 Å². The van der Waals surface area contributed by atoms with Crippen LogP contribution in [-0.4, -0.2) is 31.1 Å². The van der Waals surface area contributed by atoms with E-state index in [1.54, 1.807) is 0 Å². The molecule has 1 saturated heterocycles. The molecule has 1 heterocycles. The van der Waals surface area contributed by atoms with Crippen LogP contribution in [0.25, 0.3) is 0 Å². The number of likely N-dealkylation sites (tertiary alicyclic amines) is 1. The highest BCUT2D eigenvalue weighted by molar-refractivity contribution is 6.30. The van der Waals surface area contributed by atoms with Crippen LogP contribution < -0.4 is 5.32 Å². The summed E-state index contributed by atoms with van der Waals surface area (Å²) in [6.45, 7) is 7.01. The van der Waals surface area contributed by atoms with E-state index in [4.69, 9.17) is 11.6 Å². The summed E-state index contributed by atoms with van der Waals surface area (Å²) in [5.74, 6) is 0.797. The van der Waals surface area contributed by atoms with E-state index in [2.05, 4.69) is 43.2 Å². The Labute approximate surface area is 122 Å². The summed E-state index contributed by atoms with van der Waals surface area (Å²) in [5, 5.41) is 4.54. The summed E-state index contributed by atoms with van der Waals surface area (Å²) < 4.78 is 0. The van der Waals surface area contributed by atoms with Gasteiger partial charge in [0.25, 0.3) is 0 Å². The average Bonchev–Trinajstić information content (AvgIpc) is 2.40. The maximum atomic E-state index is 5.93. The van der Waals surface area contributed by atoms with E-state index in [1.165, 1.54) is 31.5 Å². The first-order valence-corrected chi connectivity index (χ1v) is 7.64. The van der Waals surface area contributed by atoms with Gasteiger partial charge >= 0.3 is 0 Å². The second-order valence-electron chi connectivity index (χ2n) is 5.87. The van der Waals surface area contributed by atoms with Crippen molar-refractivity contribution in [2.45, 2.75) is 38.8 Å². The molecule has 0 amide bonds. The molecular formula is C16H25ClN2. The number of nitrogens with zero attached hydrogens (tertiary/aromatic N) is 1. The molecule has 0 saturated carbocycles. The van der Waals surface area contributed by atoms with Crippen molar-refractivity contribution >= 4 is 11.6 Å². The van der Waals surface area contributed by atoms with Gasteiger partial charge in [-0.1, -0.05) is 23.7 Å². The van der Waals surface area contributed by atoms with E-state index in [0.29, 0.717) is 12.1 Å². The highest BCUT2D eigenvalue weighted by Crippen LogP contribution is 2.23. The lowest BCUT2D eigenvalue weighted by Gasteiger charge is -2.34. The fourth-order valence-electron chi connectivity index (χ4n) is 2.91. The monoisotopic (exact) mass is 280 g/mol. The molecule has 0 spiro atoms. The first-order valence-electron chi connectivity index (χ1n) is 7.26. The number of piperidine rings is 1. The first kappa shape index (κ1) is 14.8. The number of benzene rings is 1. The van der Waals surface area contributed by atoms with Crippen LogP contribution in [0.3, 0.4) is 0 Å². The molecule has 2 rings (SSSR count). The molecule has 106 valence electrons. The Morgan fingerprint density at radius 1 is 1.16 bits per heavy atom. The van der Waals surface area contributed by atoms with Gasteiger partial charge in [-0.3, -0.25) is 0 Å². The lowest BCUT2D eigenvalue weighted by atomic mass is 9.90. The molecule has 1 aliphatic rings. The molecule has 2 nitrogen and oxygen atoms in total. The van der Waals surface area contributed by atoms with Gasteiger partial charge in [0, 0.05) is 17.1 Å². The zero-order valence-corrected chi connectivity index (χ0v) is 13.0. The first-order chi connectivity index (χ1) is 9.06. The van der Waals surface area contributed by atoms with Crippen molar-refractivity contribution in [3.05, 3.63) is 34.9 Å². The molecule has 0 radical (unpaired) electrons. The molecule has 0 aromatic heterocycles. The lowest BCUT2D eigenvalue weighted by Crippen LogP contribution is -2.41. The van der Waals surface area contributed by atoms with Crippen LogP contribution >= 0.6 is 11.6 Å². The van der Waals surface area contributed by atoms with Crippen LogP contribution in [0.4, 0.5) is 0 Å². The Kier molecular flexibility index (Phi) is 5.26. The SMILES string of the molecule is CC(N[C@@H](C)c1ccc(Cl)cc1)C1CCN(C)CC1. The quantitative estimate of drug-likeness (QED) is 0.904. The lowest BCUT2D eigenvalue weighted by molar-refractivity contribution is 0.185. The maximum absolute atomic E-state index is 5.93. The number of hydrogen-bond acceptors (Lipinski definition) is 2. The van der Waals surface area contributed by atoms with Crippen LogP contribution in [-0.2, 0) is 0 Å². The van der Waals surface area contributed by atoms with Crippen LogP contribution in [0.5, 0.6) is 0 Å². The van der Waals surface area contributed by atoms with Gasteiger partial charge in [-0.25, -0.2) is 0 Å². The Bertz CT molecular complexity index is 382. The zero-order valence-electron chi connectivity index (χ0n) is 12.2. The molecule has 0 aliphatic carbocycles. The molecule has 3 heteroatoms. The summed E-state index contributed by atoms with van der Waals surface area (Å²) in [6.07, 6.45) is 2.61. The van der Waals surface area contributed by atoms with E-state index in [0.717, 1.165) is 10.9 Å². The van der Waals surface area contributed by atoms with Gasteiger partial charge in [0.2, 0.25) is 0 Å². The number of nitrogens with one attached hydrogen (secondary N) is 1. The normalized spacial score (nSPS) is 21.3. The van der Waals surface area contributed by atoms with Crippen molar-refractivity contribution < 1.29 is 0 Å². The van der Waals surface area contributed by atoms with Gasteiger partial charge in [-0.15, -0.1) is 0 Å². The molecule has 1 fully saturated rings. The van der Waals surface area contributed by atoms with Crippen molar-refractivity contribution in [1.82, 2.24) is 10.2 Å². The zero-order chi connectivity index (χ0) is 13.8. The topological polar surface area (TPSA) is 15.3 Å². The number of rotatable bonds is 4. The third kappa shape index (κ3) is 4.20. The smallest absolute Gasteiger partial charge is 0.0406 e. The Hall–Kier alpha value is -0.570. The minimum atomic E-state index is 0.381. The van der Waals surface area contributed by atoms with Crippen LogP contribution in [0.2, 0.25) is 5.02 Å². The van der Waals surface area contributed by atoms with Crippen molar-refractivity contribution in [3.8, 4) is 0 Å². The second-order valence-corrected chi connectivity index (χ2v) is 6.31. The maximum Gasteiger partial charge on any atom is 0.0406 e. The predicted octanol–water partition coefficient (Wildman–Crippen LogP) is 3.72. The fraction of sp³-hybridized carbons (Fsp3) is 0.625. The molecule has 1 N–H and O–H groups in total. The van der Waals surface area contributed by atoms with Crippen LogP contribution in [0.15, 0.2) is 24.3 Å². The molecule has 1 aromatic rings. The molecule has 0 bridgehead atoms. The van der Waals surface area contributed by atoms with Gasteiger partial charge in [0.05, 0.1) is 0 Å². The van der Waals surface area contributed by atoms with E-state index >= 15 is 0 Å². The van der Waals surface area contributed by atoms with Crippen molar-refractivity contribution in [1.29, 1.82) is 0 Å². The minimum absolute atomic E-state index is 0.381. The van der Waals surface area contributed by atoms with E-state index < -0.39 is 0 Å². The van der Waals surface area contributed by atoms with Gasteiger partial charge in [0.15, 0.2) is 0 Å². The molecule has 1 aromatic carbocycles. The molecule has 2 atom stereocenters. The van der Waals surface area contributed by atoms with Crippen molar-refractivity contribution in [3.63, 3.8) is 0 Å². The third-order valence-electron chi connectivity index (χ3n) is 4.35. The van der Waals surface area contributed by atoms with Crippen LogP contribution in [0.1, 0.15) is 38.3 Å². The van der Waals surface area contributed by atoms with Crippen LogP contribution in [0, 0.1) is 5.92 Å². The number of halogens is 1. The van der Waals surface area contributed by atoms with Crippen molar-refractivity contribution in [2.24, 2.45) is 5.92 Å². The second kappa shape index (κ2) is 6.74. The van der Waals surface area contributed by atoms with Crippen molar-refractivity contribution in [2.75, 3.05) is 20.1 Å². The molecule has 1 unspecified atom stereocenters. The summed E-state index contributed by atoms with van der Waals surface area (Å²) in [4.78, 5) is 2.42. The van der Waals surface area contributed by atoms with E-state index in [-0.39, 0.29) is 0 Å². The van der Waals surface area contributed by atoms with E-state index in [9.17, 15) is 0 Å². The Balaban J connectivity index is 1.87. The minimum Gasteiger partial charge on any atom is -0.307 e. The third-order valence-corrected chi connectivity index (χ3v) is 4.61. The fourth-order valence-corrected chi connectivity index (χ4v) is 3.03. The van der Waals surface area contributed by atoms with E-state index in [1.807, 2.05) is 12.1 Å². The molecule has 1 aliphatic heterocycles. The summed E-state index contributed by atoms with van der Waals surface area (Å²) in [5.41, 5.74) is 1.31. The van der Waals surface area contributed by atoms with Gasteiger partial charge < -0.3 is 10.2 Å². The summed E-state index contributed by atoms with van der Waals surface area (Å²) >= 11 is 5.93. The van der Waals surface area contributed by atoms with Gasteiger partial charge in [-0.05, 0) is 70.4 Å². The highest BCUT2D eigenvalue weighted by atomic mass is 35.5. The standard InChI is InChI=1S/C16H25ClN2/c1-12(14-4-6-16(17)7-5-14)18-13(2)15-8-10-19(3)11-9-15/h4-7,12-13,15,18H,8-11H2,1-3H3/t12-,13?/m0/s1. The summed E-state index contributed by atoms with van der Waals surface area (Å²) in [7, 11) is 2.21. The molecular weight excluding hydrogens is 256 g/mol. The Morgan fingerprint density at radius 2 is 1.74 bits per heavy atom. The van der Waals surface area contributed by atoms with Gasteiger partial charge in [0.1, 0.15) is 0 Å². The average molecular weight is 281 g/mol. The molecule has 19 heavy (non-hydrogen) atoms. The predicted molar refractivity (Wildman–Crippen MR) is 82.7 cm³/mol.